The van der Waals surface area contributed by atoms with Crippen LogP contribution in [0.25, 0.3) is 0 Å². The van der Waals surface area contributed by atoms with Gasteiger partial charge in [-0.25, -0.2) is 0 Å². The predicted octanol–water partition coefficient (Wildman–Crippen LogP) is 0.378. The highest BCUT2D eigenvalue weighted by atomic mass is 32.2. The Bertz CT molecular complexity index is 141. The molecule has 0 spiro atoms. The van der Waals surface area contributed by atoms with Gasteiger partial charge in [0.25, 0.3) is 0 Å². The highest BCUT2D eigenvalue weighted by Gasteiger charge is 2.05. The molecular formula is C8H19NO2S. The maximum absolute atomic E-state index is 10.8. The summed E-state index contributed by atoms with van der Waals surface area (Å²) in [4.78, 5) is 0. The molecule has 12 heavy (non-hydrogen) atoms. The summed E-state index contributed by atoms with van der Waals surface area (Å²) in [5, 5.41) is 3.25. The second-order valence-electron chi connectivity index (χ2n) is 3.10. The van der Waals surface area contributed by atoms with Crippen molar-refractivity contribution in [3.8, 4) is 0 Å². The molecule has 0 aromatic rings. The zero-order valence-corrected chi connectivity index (χ0v) is 9.11. The van der Waals surface area contributed by atoms with E-state index in [-0.39, 0.29) is 6.10 Å². The molecule has 0 radical (unpaired) electrons. The smallest absolute Gasteiger partial charge is 0.0667 e. The largest absolute Gasteiger partial charge is 0.380 e. The first-order valence-electron chi connectivity index (χ1n) is 4.12. The van der Waals surface area contributed by atoms with Crippen molar-refractivity contribution in [2.75, 3.05) is 25.7 Å². The monoisotopic (exact) mass is 193 g/mol. The highest BCUT2D eigenvalue weighted by Crippen LogP contribution is 1.89. The fraction of sp³-hybridized carbons (Fsp3) is 1.00. The Morgan fingerprint density at radius 2 is 2.08 bits per heavy atom. The van der Waals surface area contributed by atoms with Gasteiger partial charge in [0.15, 0.2) is 0 Å². The van der Waals surface area contributed by atoms with Crippen molar-refractivity contribution in [2.45, 2.75) is 26.0 Å². The lowest BCUT2D eigenvalue weighted by molar-refractivity contribution is 0.115. The summed E-state index contributed by atoms with van der Waals surface area (Å²) in [5.41, 5.74) is 0. The number of methoxy groups -OCH3 is 1. The van der Waals surface area contributed by atoms with Crippen molar-refractivity contribution in [1.82, 2.24) is 5.32 Å². The minimum absolute atomic E-state index is 0.220. The fourth-order valence-corrected chi connectivity index (χ4v) is 1.68. The second-order valence-corrected chi connectivity index (χ2v) is 4.58. The Labute approximate surface area is 77.3 Å². The van der Waals surface area contributed by atoms with E-state index in [4.69, 9.17) is 4.74 Å². The Hall–Kier alpha value is 0.0700. The molecule has 3 atom stereocenters. The van der Waals surface area contributed by atoms with Gasteiger partial charge in [-0.3, -0.25) is 4.21 Å². The number of hydrogen-bond donors (Lipinski definition) is 1. The minimum atomic E-state index is -0.716. The van der Waals surface area contributed by atoms with Gasteiger partial charge in [-0.1, -0.05) is 0 Å². The van der Waals surface area contributed by atoms with Crippen LogP contribution in [0.5, 0.6) is 0 Å². The lowest BCUT2D eigenvalue weighted by Crippen LogP contribution is -2.36. The number of nitrogens with one attached hydrogen (secondary N) is 1. The molecule has 0 saturated carbocycles. The fourth-order valence-electron chi connectivity index (χ4n) is 0.861. The Morgan fingerprint density at radius 1 is 1.50 bits per heavy atom. The molecule has 0 aromatic heterocycles. The molecule has 0 bridgehead atoms. The first kappa shape index (κ1) is 12.1. The van der Waals surface area contributed by atoms with Gasteiger partial charge in [0.05, 0.1) is 6.10 Å². The van der Waals surface area contributed by atoms with Gasteiger partial charge >= 0.3 is 0 Å². The van der Waals surface area contributed by atoms with Crippen LogP contribution >= 0.6 is 0 Å². The molecule has 0 fully saturated rings. The molecule has 0 aliphatic rings. The van der Waals surface area contributed by atoms with Crippen LogP contribution < -0.4 is 5.32 Å². The predicted molar refractivity (Wildman–Crippen MR) is 52.9 cm³/mol. The quantitative estimate of drug-likeness (QED) is 0.662. The molecule has 1 N–H and O–H groups in total. The van der Waals surface area contributed by atoms with Crippen LogP contribution in [-0.4, -0.2) is 42.0 Å². The van der Waals surface area contributed by atoms with E-state index in [0.717, 1.165) is 6.54 Å². The molecule has 0 amide bonds. The van der Waals surface area contributed by atoms with E-state index in [0.29, 0.717) is 11.8 Å². The van der Waals surface area contributed by atoms with Gasteiger partial charge in [-0.15, -0.1) is 0 Å². The summed E-state index contributed by atoms with van der Waals surface area (Å²) in [6, 6.07) is 0.299. The zero-order valence-electron chi connectivity index (χ0n) is 8.29. The van der Waals surface area contributed by atoms with Gasteiger partial charge < -0.3 is 10.1 Å². The van der Waals surface area contributed by atoms with Crippen LogP contribution in [0, 0.1) is 0 Å². The molecule has 0 aliphatic carbocycles. The SMILES string of the molecule is COC(C)CNC(C)CS(C)=O. The molecule has 3 nitrogen and oxygen atoms in total. The third-order valence-corrected chi connectivity index (χ3v) is 2.61. The zero-order chi connectivity index (χ0) is 9.56. The van der Waals surface area contributed by atoms with Crippen molar-refractivity contribution in [2.24, 2.45) is 0 Å². The summed E-state index contributed by atoms with van der Waals surface area (Å²) in [6.45, 7) is 4.85. The third kappa shape index (κ3) is 6.76. The maximum atomic E-state index is 10.8. The molecule has 74 valence electrons. The van der Waals surface area contributed by atoms with E-state index in [9.17, 15) is 4.21 Å². The van der Waals surface area contributed by atoms with E-state index in [1.54, 1.807) is 13.4 Å². The van der Waals surface area contributed by atoms with Gasteiger partial charge in [0.2, 0.25) is 0 Å². The van der Waals surface area contributed by atoms with Crippen molar-refractivity contribution >= 4 is 10.8 Å². The topological polar surface area (TPSA) is 38.3 Å². The van der Waals surface area contributed by atoms with E-state index in [1.807, 2.05) is 13.8 Å². The van der Waals surface area contributed by atoms with Crippen molar-refractivity contribution in [3.05, 3.63) is 0 Å². The molecule has 3 unspecified atom stereocenters. The average molecular weight is 193 g/mol. The molecule has 0 rings (SSSR count). The van der Waals surface area contributed by atoms with Crippen LogP contribution in [-0.2, 0) is 15.5 Å². The van der Waals surface area contributed by atoms with Crippen LogP contribution in [0.4, 0.5) is 0 Å². The Balaban J connectivity index is 3.43. The maximum Gasteiger partial charge on any atom is 0.0667 e. The van der Waals surface area contributed by atoms with Gasteiger partial charge in [0.1, 0.15) is 0 Å². The summed E-state index contributed by atoms with van der Waals surface area (Å²) in [6.07, 6.45) is 1.94. The van der Waals surface area contributed by atoms with Crippen LogP contribution in [0.3, 0.4) is 0 Å². The standard InChI is InChI=1S/C8H19NO2S/c1-7(6-12(4)10)9-5-8(2)11-3/h7-9H,5-6H2,1-4H3. The van der Waals surface area contributed by atoms with Crippen LogP contribution in [0.15, 0.2) is 0 Å². The summed E-state index contributed by atoms with van der Waals surface area (Å²) >= 11 is 0. The van der Waals surface area contributed by atoms with Gasteiger partial charge in [-0.05, 0) is 13.8 Å². The van der Waals surface area contributed by atoms with Crippen LogP contribution in [0.1, 0.15) is 13.8 Å². The number of rotatable bonds is 6. The van der Waals surface area contributed by atoms with Crippen molar-refractivity contribution in [3.63, 3.8) is 0 Å². The minimum Gasteiger partial charge on any atom is -0.380 e. The van der Waals surface area contributed by atoms with E-state index in [2.05, 4.69) is 5.32 Å². The van der Waals surface area contributed by atoms with E-state index >= 15 is 0 Å². The van der Waals surface area contributed by atoms with Gasteiger partial charge in [-0.2, -0.15) is 0 Å². The number of ether oxygens (including phenoxy) is 1. The highest BCUT2D eigenvalue weighted by molar-refractivity contribution is 7.84. The first-order valence-corrected chi connectivity index (χ1v) is 5.85. The first-order chi connectivity index (χ1) is 5.56. The molecule has 0 heterocycles. The average Bonchev–Trinajstić information content (AvgIpc) is 1.99. The molecule has 0 aromatic carbocycles. The molecular weight excluding hydrogens is 174 g/mol. The Kier molecular flexibility index (Phi) is 6.61. The Morgan fingerprint density at radius 3 is 2.50 bits per heavy atom. The molecule has 4 heteroatoms. The van der Waals surface area contributed by atoms with E-state index < -0.39 is 10.8 Å². The third-order valence-electron chi connectivity index (χ3n) is 1.64. The second kappa shape index (κ2) is 6.57. The normalized spacial score (nSPS) is 18.7. The van der Waals surface area contributed by atoms with Crippen LogP contribution in [0.2, 0.25) is 0 Å². The summed E-state index contributed by atoms with van der Waals surface area (Å²) in [5.74, 6) is 0.705. The summed E-state index contributed by atoms with van der Waals surface area (Å²) in [7, 11) is 0.974. The van der Waals surface area contributed by atoms with Crippen molar-refractivity contribution < 1.29 is 8.95 Å². The molecule has 0 saturated heterocycles. The van der Waals surface area contributed by atoms with Gasteiger partial charge in [0, 0.05) is 42.5 Å². The lowest BCUT2D eigenvalue weighted by atomic mass is 10.3. The number of hydrogen-bond acceptors (Lipinski definition) is 3. The summed E-state index contributed by atoms with van der Waals surface area (Å²) < 4.78 is 15.9. The molecule has 0 aliphatic heterocycles. The van der Waals surface area contributed by atoms with E-state index in [1.165, 1.54) is 0 Å². The van der Waals surface area contributed by atoms with Crippen molar-refractivity contribution in [1.29, 1.82) is 0 Å². The lowest BCUT2D eigenvalue weighted by Gasteiger charge is -2.15.